The molecule has 0 unspecified atom stereocenters. The summed E-state index contributed by atoms with van der Waals surface area (Å²) < 4.78 is 7.83. The Labute approximate surface area is 336 Å². The number of benzene rings is 5. The molecule has 54 heavy (non-hydrogen) atoms. The van der Waals surface area contributed by atoms with E-state index >= 15 is 0 Å². The number of aromatic nitrogens is 2. The van der Waals surface area contributed by atoms with E-state index in [4.69, 9.17) is 9.40 Å². The summed E-state index contributed by atoms with van der Waals surface area (Å²) in [5.74, 6) is 7.16. The molecule has 5 aromatic carbocycles. The fourth-order valence-electron chi connectivity index (χ4n) is 6.60. The number of pyridine rings is 2. The van der Waals surface area contributed by atoms with Gasteiger partial charge in [-0.3, -0.25) is 0 Å². The average molecular weight is 944 g/mol. The molecular weight excluding hydrogens is 897 g/mol. The molecule has 0 aliphatic heterocycles. The molecular formula is C49H46GeIrN2O-2. The Morgan fingerprint density at radius 3 is 1.93 bits per heavy atom. The normalized spacial score (nSPS) is 11.5. The molecule has 1 radical (unpaired) electrons. The van der Waals surface area contributed by atoms with Crippen LogP contribution in [0.25, 0.3) is 66.7 Å². The van der Waals surface area contributed by atoms with Crippen molar-refractivity contribution in [1.82, 2.24) is 9.97 Å². The summed E-state index contributed by atoms with van der Waals surface area (Å²) in [6.07, 6.45) is 5.03. The number of hydrogen-bond donors (Lipinski definition) is 0. The van der Waals surface area contributed by atoms with E-state index in [1.54, 1.807) is 0 Å². The molecule has 0 fully saturated rings. The van der Waals surface area contributed by atoms with Crippen molar-refractivity contribution < 1.29 is 24.5 Å². The van der Waals surface area contributed by atoms with Gasteiger partial charge in [0.05, 0.1) is 5.58 Å². The Bertz CT molecular complexity index is 2480. The summed E-state index contributed by atoms with van der Waals surface area (Å²) in [5.41, 5.74) is 13.1. The van der Waals surface area contributed by atoms with E-state index in [0.29, 0.717) is 0 Å². The van der Waals surface area contributed by atoms with Gasteiger partial charge in [0.2, 0.25) is 0 Å². The number of hydrogen-bond acceptors (Lipinski definition) is 3. The summed E-state index contributed by atoms with van der Waals surface area (Å²) in [6, 6.07) is 50.9. The van der Waals surface area contributed by atoms with Crippen molar-refractivity contribution in [3.8, 4) is 44.8 Å². The van der Waals surface area contributed by atoms with Crippen LogP contribution in [-0.4, -0.2) is 23.2 Å². The molecule has 0 saturated heterocycles. The molecule has 8 rings (SSSR count). The Kier molecular flexibility index (Phi) is 11.9. The van der Waals surface area contributed by atoms with Crippen molar-refractivity contribution >= 4 is 39.6 Å². The van der Waals surface area contributed by atoms with Gasteiger partial charge in [0, 0.05) is 31.7 Å². The van der Waals surface area contributed by atoms with Crippen LogP contribution in [-0.2, 0) is 26.5 Å². The maximum absolute atomic E-state index is 6.40. The zero-order chi connectivity index (χ0) is 37.2. The summed E-state index contributed by atoms with van der Waals surface area (Å²) in [7, 11) is 0. The molecule has 273 valence electrons. The molecule has 0 aliphatic rings. The van der Waals surface area contributed by atoms with E-state index in [9.17, 15) is 0 Å². The molecule has 0 bridgehead atoms. The standard InChI is InChI=1S/C29H26NO.C20H20GeN.Ir/c1-19-18-30-26(15-22(19)17-29(2,3)4)25-12-8-11-24-23-14-13-21(16-27(23)31-28(24)25)20-9-6-5-7-10-20;1-21(2,3)19-13-14-20(22-15-19)18-11-9-17(10-12-18)16-7-5-4-6-8-16;/h5-11,13-16,18H,17H2,1-4H3;4-11,13-15H,1-3H3;/q2*-1;. The molecule has 0 atom stereocenters. The predicted molar refractivity (Wildman–Crippen MR) is 226 cm³/mol. The number of aryl methyl sites for hydroxylation is 1. The molecule has 0 amide bonds. The van der Waals surface area contributed by atoms with Crippen LogP contribution in [0.5, 0.6) is 0 Å². The van der Waals surface area contributed by atoms with Crippen LogP contribution < -0.4 is 4.40 Å². The van der Waals surface area contributed by atoms with Gasteiger partial charge in [-0.1, -0.05) is 85.8 Å². The Balaban J connectivity index is 0.000000191. The fourth-order valence-corrected chi connectivity index (χ4v) is 8.77. The SMILES string of the molecule is Cc1cnc(-c2[c-]ccc3c2oc2cc(-c4ccccc4)ccc23)cc1CC(C)(C)C.[CH3][Ge]([CH3])([CH3])[c]1ccc(-c2[c-]cc(-c3ccccc3)cc2)nc1.[Ir]. The van der Waals surface area contributed by atoms with Gasteiger partial charge < -0.3 is 9.40 Å². The quantitative estimate of drug-likeness (QED) is 0.123. The largest absolute Gasteiger partial charge is 0 e. The molecule has 3 aromatic heterocycles. The molecule has 0 aliphatic carbocycles. The summed E-state index contributed by atoms with van der Waals surface area (Å²) >= 11 is -1.78. The smallest absolute Gasteiger partial charge is 0 e. The van der Waals surface area contributed by atoms with Crippen molar-refractivity contribution in [3.05, 3.63) is 163 Å². The number of fused-ring (bicyclic) bond motifs is 3. The molecule has 0 N–H and O–H groups in total. The zero-order valence-electron chi connectivity index (χ0n) is 32.1. The first-order valence-corrected chi connectivity index (χ1v) is 25.7. The second-order valence-corrected chi connectivity index (χ2v) is 26.7. The first-order valence-electron chi connectivity index (χ1n) is 18.4. The third kappa shape index (κ3) is 9.01. The van der Waals surface area contributed by atoms with E-state index in [1.165, 1.54) is 32.2 Å². The monoisotopic (exact) mass is 945 g/mol. The van der Waals surface area contributed by atoms with Crippen LogP contribution in [0.4, 0.5) is 0 Å². The summed E-state index contributed by atoms with van der Waals surface area (Å²) in [5, 5.41) is 2.22. The van der Waals surface area contributed by atoms with Crippen LogP contribution in [0.2, 0.25) is 17.3 Å². The number of rotatable bonds is 6. The first kappa shape index (κ1) is 39.1. The third-order valence-corrected chi connectivity index (χ3v) is 13.8. The van der Waals surface area contributed by atoms with Crippen LogP contribution >= 0.6 is 0 Å². The zero-order valence-corrected chi connectivity index (χ0v) is 36.6. The molecule has 0 spiro atoms. The van der Waals surface area contributed by atoms with Crippen LogP contribution in [0.15, 0.2) is 144 Å². The van der Waals surface area contributed by atoms with Crippen molar-refractivity contribution in [2.75, 3.05) is 0 Å². The second kappa shape index (κ2) is 16.4. The fraction of sp³-hybridized carbons (Fsp3) is 0.184. The minimum atomic E-state index is -1.78. The maximum Gasteiger partial charge on any atom is 0 e. The summed E-state index contributed by atoms with van der Waals surface area (Å²) in [6.45, 7) is 8.93. The molecule has 3 nitrogen and oxygen atoms in total. The molecule has 3 heterocycles. The van der Waals surface area contributed by atoms with E-state index in [2.05, 4.69) is 165 Å². The third-order valence-electron chi connectivity index (χ3n) is 9.56. The van der Waals surface area contributed by atoms with Crippen LogP contribution in [0.3, 0.4) is 0 Å². The van der Waals surface area contributed by atoms with Crippen molar-refractivity contribution in [2.24, 2.45) is 5.41 Å². The molecule has 0 saturated carbocycles. The van der Waals surface area contributed by atoms with Crippen molar-refractivity contribution in [1.29, 1.82) is 0 Å². The minimum Gasteiger partial charge on any atom is 0 e. The van der Waals surface area contributed by atoms with Gasteiger partial charge in [-0.25, -0.2) is 0 Å². The van der Waals surface area contributed by atoms with E-state index < -0.39 is 13.3 Å². The average Bonchev–Trinajstić information content (AvgIpc) is 3.54. The van der Waals surface area contributed by atoms with Gasteiger partial charge in [0.1, 0.15) is 5.58 Å². The van der Waals surface area contributed by atoms with Crippen molar-refractivity contribution in [3.63, 3.8) is 0 Å². The van der Waals surface area contributed by atoms with Gasteiger partial charge in [-0.2, -0.15) is 0 Å². The Morgan fingerprint density at radius 1 is 0.648 bits per heavy atom. The van der Waals surface area contributed by atoms with Crippen LogP contribution in [0.1, 0.15) is 31.9 Å². The topological polar surface area (TPSA) is 38.9 Å². The number of nitrogens with zero attached hydrogens (tertiary/aromatic N) is 2. The summed E-state index contributed by atoms with van der Waals surface area (Å²) in [4.78, 5) is 9.37. The van der Waals surface area contributed by atoms with E-state index in [-0.39, 0.29) is 25.5 Å². The van der Waals surface area contributed by atoms with Gasteiger partial charge in [-0.05, 0) is 47.2 Å². The second-order valence-electron chi connectivity index (χ2n) is 16.0. The molecule has 5 heteroatoms. The first-order chi connectivity index (χ1) is 25.4. The maximum atomic E-state index is 6.40. The van der Waals surface area contributed by atoms with Crippen molar-refractivity contribution in [2.45, 2.75) is 51.4 Å². The minimum absolute atomic E-state index is 0. The van der Waals surface area contributed by atoms with E-state index in [1.807, 2.05) is 36.7 Å². The Morgan fingerprint density at radius 2 is 1.31 bits per heavy atom. The van der Waals surface area contributed by atoms with Gasteiger partial charge in [0.15, 0.2) is 0 Å². The van der Waals surface area contributed by atoms with E-state index in [0.717, 1.165) is 56.4 Å². The van der Waals surface area contributed by atoms with Crippen LogP contribution in [0, 0.1) is 24.5 Å². The van der Waals surface area contributed by atoms with Gasteiger partial charge in [0.25, 0.3) is 0 Å². The predicted octanol–water partition coefficient (Wildman–Crippen LogP) is 12.8. The Hall–Kier alpha value is -4.61. The van der Waals surface area contributed by atoms with Gasteiger partial charge in [-0.15, -0.1) is 18.2 Å². The van der Waals surface area contributed by atoms with Gasteiger partial charge >= 0.3 is 135 Å². The molecule has 8 aromatic rings. The number of furan rings is 1.